The lowest BCUT2D eigenvalue weighted by atomic mass is 10.1. The Morgan fingerprint density at radius 2 is 0.654 bits per heavy atom. The number of nitrogens with two attached hydrogens (primary N) is 12. The summed E-state index contributed by atoms with van der Waals surface area (Å²) in [5.41, 5.74) is 65.5. The number of carboxylic acid groups (broad SMARTS) is 2. The Morgan fingerprint density at radius 1 is 0.358 bits per heavy atom. The maximum absolute atomic E-state index is 13.9. The summed E-state index contributed by atoms with van der Waals surface area (Å²) >= 11 is 0. The molecule has 0 aromatic heterocycles. The number of amides is 8. The van der Waals surface area contributed by atoms with Gasteiger partial charge in [-0.2, -0.15) is 0 Å². The van der Waals surface area contributed by atoms with Crippen molar-refractivity contribution in [2.75, 3.05) is 52.4 Å². The van der Waals surface area contributed by atoms with E-state index in [1.807, 2.05) is 0 Å². The van der Waals surface area contributed by atoms with Crippen LogP contribution in [0.5, 0.6) is 0 Å². The van der Waals surface area contributed by atoms with Gasteiger partial charge in [-0.15, -0.1) is 0 Å². The third-order valence-electron chi connectivity index (χ3n) is 11.1. The maximum Gasteiger partial charge on any atom is 0.326 e. The molecule has 0 aromatic rings. The first-order valence-corrected chi connectivity index (χ1v) is 25.7. The standard InChI is InChI=1S/C44H85N25O12/c45-14-2-1-9-28(39(80)81)68-37(78)27(13-7-19-61-44(55)56)67-38(79)29(20-32(72)73)69-36(77)26(12-6-18-60-43(53)54)65-31(71)22-62-34(75)24(10-4-16-58-41(49)50)64-30(70)21-63-35(76)25(11-5-17-59-42(51)52)66-33(74)23(46)8-3-15-57-40(47)48/h23-29H,1-22,45-46H2,(H,62,75)(H,63,76)(H,64,70)(H,65,71)(H,66,74)(H,67,79)(H,68,78)(H,69,77)(H,72,73)(H,80,81)(H4,47,48,57)(H4,49,50,58)(H4,51,52,59)(H4,53,54,60)(H4,55,56,61)/t23-,24-,25-,26-,27-,28-,29-/m0/s1. The number of rotatable bonds is 43. The highest BCUT2D eigenvalue weighted by Gasteiger charge is 2.33. The van der Waals surface area contributed by atoms with Crippen molar-refractivity contribution in [1.82, 2.24) is 42.5 Å². The fourth-order valence-corrected chi connectivity index (χ4v) is 7.04. The average molecular weight is 1160 g/mol. The van der Waals surface area contributed by atoms with Gasteiger partial charge in [-0.25, -0.2) is 4.79 Å². The number of hydrogen-bond acceptors (Lipinski definition) is 17. The SMILES string of the molecule is NCCCC[C@H](NC(=O)[C@H](CCCN=C(N)N)NC(=O)[C@H](CC(=O)O)NC(=O)[C@H](CCCN=C(N)N)NC(=O)CNC(=O)[C@H](CCCN=C(N)N)NC(=O)CNC(=O)[C@H](CCCN=C(N)N)NC(=O)[C@@H](N)CCCN=C(N)N)C(=O)O. The van der Waals surface area contributed by atoms with E-state index >= 15 is 0 Å². The molecule has 0 heterocycles. The monoisotopic (exact) mass is 1160 g/mol. The van der Waals surface area contributed by atoms with Crippen molar-refractivity contribution in [2.24, 2.45) is 93.8 Å². The van der Waals surface area contributed by atoms with E-state index in [1.54, 1.807) is 0 Å². The molecule has 458 valence electrons. The largest absolute Gasteiger partial charge is 0.481 e. The third-order valence-corrected chi connectivity index (χ3v) is 11.1. The fraction of sp³-hybridized carbons (Fsp3) is 0.659. The highest BCUT2D eigenvalue weighted by Crippen LogP contribution is 2.08. The predicted molar refractivity (Wildman–Crippen MR) is 298 cm³/mol. The second-order valence-corrected chi connectivity index (χ2v) is 18.0. The Balaban J connectivity index is 6.42. The summed E-state index contributed by atoms with van der Waals surface area (Å²) in [6, 6.07) is -10.0. The smallest absolute Gasteiger partial charge is 0.326 e. The lowest BCUT2D eigenvalue weighted by molar-refractivity contribution is -0.143. The molecule has 0 fully saturated rings. The predicted octanol–water partition coefficient (Wildman–Crippen LogP) is -10.6. The Labute approximate surface area is 467 Å². The van der Waals surface area contributed by atoms with Crippen LogP contribution < -0.4 is 111 Å². The summed E-state index contributed by atoms with van der Waals surface area (Å²) in [7, 11) is 0. The molecule has 37 nitrogen and oxygen atoms in total. The Kier molecular flexibility index (Phi) is 36.5. The molecular weight excluding hydrogens is 1070 g/mol. The van der Waals surface area contributed by atoms with Gasteiger partial charge in [0.25, 0.3) is 0 Å². The molecule has 0 saturated heterocycles. The molecular formula is C44H85N25O12. The van der Waals surface area contributed by atoms with E-state index in [0.29, 0.717) is 19.3 Å². The zero-order chi connectivity index (χ0) is 61.5. The van der Waals surface area contributed by atoms with E-state index in [4.69, 9.17) is 68.8 Å². The van der Waals surface area contributed by atoms with Gasteiger partial charge in [-0.1, -0.05) is 0 Å². The summed E-state index contributed by atoms with van der Waals surface area (Å²) in [6.45, 7) is -1.08. The van der Waals surface area contributed by atoms with E-state index in [0.717, 1.165) is 0 Å². The summed E-state index contributed by atoms with van der Waals surface area (Å²) < 4.78 is 0. The van der Waals surface area contributed by atoms with Crippen LogP contribution in [-0.4, -0.2) is 194 Å². The van der Waals surface area contributed by atoms with Crippen LogP contribution in [0.3, 0.4) is 0 Å². The molecule has 0 spiro atoms. The quantitative estimate of drug-likeness (QED) is 0.0153. The van der Waals surface area contributed by atoms with Gasteiger partial charge in [-0.05, 0) is 90.0 Å². The second kappa shape index (κ2) is 41.1. The van der Waals surface area contributed by atoms with E-state index in [-0.39, 0.29) is 133 Å². The number of carbonyl (C=O) groups excluding carboxylic acids is 8. The zero-order valence-corrected chi connectivity index (χ0v) is 45.2. The number of carboxylic acids is 2. The molecule has 0 radical (unpaired) electrons. The molecule has 0 aromatic carbocycles. The van der Waals surface area contributed by atoms with Gasteiger partial charge in [0, 0.05) is 32.7 Å². The highest BCUT2D eigenvalue weighted by molar-refractivity contribution is 5.98. The van der Waals surface area contributed by atoms with Crippen molar-refractivity contribution in [3.8, 4) is 0 Å². The van der Waals surface area contributed by atoms with Crippen molar-refractivity contribution in [3.05, 3.63) is 0 Å². The topological polar surface area (TPSA) is 681 Å². The third kappa shape index (κ3) is 35.9. The van der Waals surface area contributed by atoms with Crippen LogP contribution >= 0.6 is 0 Å². The maximum atomic E-state index is 13.9. The van der Waals surface area contributed by atoms with Crippen LogP contribution in [-0.2, 0) is 47.9 Å². The van der Waals surface area contributed by atoms with Gasteiger partial charge in [0.05, 0.1) is 25.6 Å². The van der Waals surface area contributed by atoms with E-state index in [2.05, 4.69) is 67.5 Å². The van der Waals surface area contributed by atoms with E-state index in [9.17, 15) is 58.2 Å². The van der Waals surface area contributed by atoms with E-state index < -0.39 is 121 Å². The van der Waals surface area contributed by atoms with Gasteiger partial charge in [0.2, 0.25) is 47.3 Å². The molecule has 0 bridgehead atoms. The molecule has 7 atom stereocenters. The molecule has 37 heteroatoms. The molecule has 0 aliphatic carbocycles. The number of aliphatic carboxylic acids is 2. The minimum atomic E-state index is -1.90. The number of nitrogens with one attached hydrogen (secondary N) is 8. The molecule has 0 saturated carbocycles. The normalized spacial score (nSPS) is 13.2. The van der Waals surface area contributed by atoms with Crippen molar-refractivity contribution < 1.29 is 58.2 Å². The minimum absolute atomic E-state index is 0.00247. The Morgan fingerprint density at radius 3 is 1.01 bits per heavy atom. The number of nitrogens with zero attached hydrogens (tertiary/aromatic N) is 5. The number of guanidine groups is 5. The summed E-state index contributed by atoms with van der Waals surface area (Å²) in [6.07, 6.45) is 0.0994. The van der Waals surface area contributed by atoms with Gasteiger partial charge < -0.3 is 122 Å². The van der Waals surface area contributed by atoms with Gasteiger partial charge in [0.1, 0.15) is 36.3 Å². The zero-order valence-electron chi connectivity index (χ0n) is 45.2. The first-order valence-electron chi connectivity index (χ1n) is 25.7. The summed E-state index contributed by atoms with van der Waals surface area (Å²) in [5, 5.41) is 38.6. The van der Waals surface area contributed by atoms with Crippen LogP contribution in [0.1, 0.15) is 89.9 Å². The summed E-state index contributed by atoms with van der Waals surface area (Å²) in [5.74, 6) is -11.7. The first-order chi connectivity index (χ1) is 38.2. The molecule has 34 N–H and O–H groups in total. The average Bonchev–Trinajstić information content (AvgIpc) is 3.38. The molecule has 81 heavy (non-hydrogen) atoms. The highest BCUT2D eigenvalue weighted by atomic mass is 16.4. The van der Waals surface area contributed by atoms with Crippen LogP contribution in [0, 0.1) is 0 Å². The van der Waals surface area contributed by atoms with Crippen LogP contribution in [0.15, 0.2) is 25.0 Å². The van der Waals surface area contributed by atoms with E-state index in [1.165, 1.54) is 0 Å². The van der Waals surface area contributed by atoms with Crippen molar-refractivity contribution >= 4 is 89.0 Å². The number of unbranched alkanes of at least 4 members (excludes halogenated alkanes) is 1. The molecule has 8 amide bonds. The minimum Gasteiger partial charge on any atom is -0.481 e. The Bertz CT molecular complexity index is 2210. The summed E-state index contributed by atoms with van der Waals surface area (Å²) in [4.78, 5) is 151. The van der Waals surface area contributed by atoms with Crippen molar-refractivity contribution in [2.45, 2.75) is 132 Å². The second-order valence-electron chi connectivity index (χ2n) is 18.0. The Hall–Kier alpha value is -9.03. The lowest BCUT2D eigenvalue weighted by Crippen LogP contribution is -2.58. The lowest BCUT2D eigenvalue weighted by Gasteiger charge is -2.25. The van der Waals surface area contributed by atoms with Gasteiger partial charge >= 0.3 is 11.9 Å². The van der Waals surface area contributed by atoms with Crippen LogP contribution in [0.25, 0.3) is 0 Å². The number of hydrogen-bond donors (Lipinski definition) is 22. The molecule has 0 aliphatic heterocycles. The van der Waals surface area contributed by atoms with Crippen molar-refractivity contribution in [1.29, 1.82) is 0 Å². The number of aliphatic imine (C=N–C) groups is 5. The van der Waals surface area contributed by atoms with Gasteiger partial charge in [0.15, 0.2) is 29.8 Å². The molecule has 0 rings (SSSR count). The van der Waals surface area contributed by atoms with Crippen molar-refractivity contribution in [3.63, 3.8) is 0 Å². The molecule has 0 aliphatic rings. The fourth-order valence-electron chi connectivity index (χ4n) is 7.04. The first kappa shape index (κ1) is 72.0. The van der Waals surface area contributed by atoms with Gasteiger partial charge in [-0.3, -0.25) is 68.1 Å². The number of carbonyl (C=O) groups is 10. The molecule has 0 unspecified atom stereocenters. The van der Waals surface area contributed by atoms with Crippen LogP contribution in [0.4, 0.5) is 0 Å². The van der Waals surface area contributed by atoms with Crippen LogP contribution in [0.2, 0.25) is 0 Å².